The lowest BCUT2D eigenvalue weighted by Crippen LogP contribution is -2.35. The molecule has 0 radical (unpaired) electrons. The molecule has 0 unspecified atom stereocenters. The summed E-state index contributed by atoms with van der Waals surface area (Å²) in [7, 11) is 0. The van der Waals surface area contributed by atoms with E-state index >= 15 is 0 Å². The van der Waals surface area contributed by atoms with Gasteiger partial charge in [-0.05, 0) is 30.4 Å². The van der Waals surface area contributed by atoms with E-state index in [0.717, 1.165) is 19.3 Å². The standard InChI is InChI=1S/C14H17NOS/c16-12-7-3-2-6-11(12)15-14-9-10-5-1-4-8-13(10)17-14/h1,4-5,8-9,11-12,15-16H,2-3,6-7H2/t11-,12-/m1/s1. The fourth-order valence-corrected chi connectivity index (χ4v) is 3.54. The van der Waals surface area contributed by atoms with E-state index in [0.29, 0.717) is 0 Å². The number of hydrogen-bond acceptors (Lipinski definition) is 3. The van der Waals surface area contributed by atoms with Crippen molar-refractivity contribution < 1.29 is 5.11 Å². The van der Waals surface area contributed by atoms with Gasteiger partial charge in [0.2, 0.25) is 0 Å². The van der Waals surface area contributed by atoms with E-state index in [-0.39, 0.29) is 12.1 Å². The second-order valence-electron chi connectivity index (χ2n) is 4.75. The normalized spacial score (nSPS) is 25.0. The molecule has 1 saturated carbocycles. The Morgan fingerprint density at radius 1 is 1.18 bits per heavy atom. The summed E-state index contributed by atoms with van der Waals surface area (Å²) < 4.78 is 1.31. The van der Waals surface area contributed by atoms with E-state index in [2.05, 4.69) is 35.6 Å². The van der Waals surface area contributed by atoms with Crippen molar-refractivity contribution in [3.05, 3.63) is 30.3 Å². The first-order chi connectivity index (χ1) is 8.33. The minimum absolute atomic E-state index is 0.186. The summed E-state index contributed by atoms with van der Waals surface area (Å²) in [6, 6.07) is 10.8. The van der Waals surface area contributed by atoms with Gasteiger partial charge >= 0.3 is 0 Å². The first-order valence-corrected chi connectivity index (χ1v) is 7.08. The molecule has 3 rings (SSSR count). The molecule has 17 heavy (non-hydrogen) atoms. The number of anilines is 1. The second kappa shape index (κ2) is 4.67. The number of aliphatic hydroxyl groups is 1. The Bertz CT molecular complexity index is 475. The highest BCUT2D eigenvalue weighted by atomic mass is 32.1. The Kier molecular flexibility index (Phi) is 3.04. The summed E-state index contributed by atoms with van der Waals surface area (Å²) in [4.78, 5) is 0. The molecule has 0 spiro atoms. The zero-order valence-electron chi connectivity index (χ0n) is 9.73. The molecule has 1 aliphatic carbocycles. The third-order valence-corrected chi connectivity index (χ3v) is 4.53. The lowest BCUT2D eigenvalue weighted by atomic mass is 9.93. The van der Waals surface area contributed by atoms with Gasteiger partial charge in [0.05, 0.1) is 17.1 Å². The number of aliphatic hydroxyl groups excluding tert-OH is 1. The van der Waals surface area contributed by atoms with Crippen LogP contribution in [-0.4, -0.2) is 17.3 Å². The molecule has 0 aliphatic heterocycles. The van der Waals surface area contributed by atoms with Crippen molar-refractivity contribution in [1.29, 1.82) is 0 Å². The van der Waals surface area contributed by atoms with Crippen molar-refractivity contribution in [3.63, 3.8) is 0 Å². The van der Waals surface area contributed by atoms with Gasteiger partial charge in [-0.15, -0.1) is 11.3 Å². The maximum absolute atomic E-state index is 9.95. The van der Waals surface area contributed by atoms with Crippen molar-refractivity contribution in [2.75, 3.05) is 5.32 Å². The minimum Gasteiger partial charge on any atom is -0.391 e. The monoisotopic (exact) mass is 247 g/mol. The second-order valence-corrected chi connectivity index (χ2v) is 5.83. The Labute approximate surface area is 105 Å². The van der Waals surface area contributed by atoms with E-state index in [4.69, 9.17) is 0 Å². The van der Waals surface area contributed by atoms with Gasteiger partial charge in [0.15, 0.2) is 0 Å². The first kappa shape index (κ1) is 11.1. The molecule has 2 aromatic rings. The highest BCUT2D eigenvalue weighted by Crippen LogP contribution is 2.31. The van der Waals surface area contributed by atoms with Crippen LogP contribution in [0.15, 0.2) is 30.3 Å². The van der Waals surface area contributed by atoms with Crippen molar-refractivity contribution in [3.8, 4) is 0 Å². The summed E-state index contributed by atoms with van der Waals surface area (Å²) >= 11 is 1.77. The van der Waals surface area contributed by atoms with E-state index in [1.807, 2.05) is 0 Å². The van der Waals surface area contributed by atoms with Crippen molar-refractivity contribution in [2.45, 2.75) is 37.8 Å². The fraction of sp³-hybridized carbons (Fsp3) is 0.429. The van der Waals surface area contributed by atoms with Crippen LogP contribution in [0.25, 0.3) is 10.1 Å². The largest absolute Gasteiger partial charge is 0.391 e. The van der Waals surface area contributed by atoms with Gasteiger partial charge in [-0.25, -0.2) is 0 Å². The SMILES string of the molecule is O[C@@H]1CCCC[C@H]1Nc1cc2ccccc2s1. The van der Waals surface area contributed by atoms with E-state index in [9.17, 15) is 5.11 Å². The Hall–Kier alpha value is -1.06. The summed E-state index contributed by atoms with van der Waals surface area (Å²) in [6.07, 6.45) is 4.21. The minimum atomic E-state index is -0.186. The molecule has 1 aromatic carbocycles. The van der Waals surface area contributed by atoms with E-state index in [1.165, 1.54) is 21.5 Å². The maximum atomic E-state index is 9.95. The third-order valence-electron chi connectivity index (χ3n) is 3.48. The van der Waals surface area contributed by atoms with Gasteiger partial charge in [0, 0.05) is 4.70 Å². The van der Waals surface area contributed by atoms with Crippen LogP contribution >= 0.6 is 11.3 Å². The highest BCUT2D eigenvalue weighted by Gasteiger charge is 2.23. The predicted octanol–water partition coefficient (Wildman–Crippen LogP) is 3.62. The summed E-state index contributed by atoms with van der Waals surface area (Å²) in [5.41, 5.74) is 0. The van der Waals surface area contributed by atoms with Crippen LogP contribution < -0.4 is 5.32 Å². The molecule has 3 heteroatoms. The maximum Gasteiger partial charge on any atom is 0.0898 e. The number of fused-ring (bicyclic) bond motifs is 1. The van der Waals surface area contributed by atoms with Crippen molar-refractivity contribution in [1.82, 2.24) is 0 Å². The molecule has 0 saturated heterocycles. The molecule has 90 valence electrons. The summed E-state index contributed by atoms with van der Waals surface area (Å²) in [5.74, 6) is 0. The van der Waals surface area contributed by atoms with Gasteiger partial charge in [-0.3, -0.25) is 0 Å². The molecule has 0 bridgehead atoms. The molecule has 1 heterocycles. The van der Waals surface area contributed by atoms with Crippen LogP contribution in [0.1, 0.15) is 25.7 Å². The van der Waals surface area contributed by atoms with Gasteiger partial charge in [0.25, 0.3) is 0 Å². The molecule has 2 nitrogen and oxygen atoms in total. The zero-order valence-corrected chi connectivity index (χ0v) is 10.5. The zero-order chi connectivity index (χ0) is 11.7. The van der Waals surface area contributed by atoms with Crippen molar-refractivity contribution in [2.24, 2.45) is 0 Å². The molecule has 2 atom stereocenters. The Balaban J connectivity index is 1.79. The molecular weight excluding hydrogens is 230 g/mol. The van der Waals surface area contributed by atoms with Crippen molar-refractivity contribution >= 4 is 26.4 Å². The van der Waals surface area contributed by atoms with Gasteiger partial charge in [-0.2, -0.15) is 0 Å². The fourth-order valence-electron chi connectivity index (χ4n) is 2.52. The first-order valence-electron chi connectivity index (χ1n) is 6.26. The smallest absolute Gasteiger partial charge is 0.0898 e. The summed E-state index contributed by atoms with van der Waals surface area (Å²) in [5, 5.41) is 15.9. The molecule has 1 aromatic heterocycles. The molecule has 0 amide bonds. The summed E-state index contributed by atoms with van der Waals surface area (Å²) in [6.45, 7) is 0. The number of thiophene rings is 1. The van der Waals surface area contributed by atoms with Crippen LogP contribution in [0.4, 0.5) is 5.00 Å². The number of nitrogens with one attached hydrogen (secondary N) is 1. The van der Waals surface area contributed by atoms with E-state index < -0.39 is 0 Å². The molecule has 2 N–H and O–H groups in total. The topological polar surface area (TPSA) is 32.3 Å². The van der Waals surface area contributed by atoms with Crippen LogP contribution in [-0.2, 0) is 0 Å². The molecule has 1 fully saturated rings. The number of rotatable bonds is 2. The van der Waals surface area contributed by atoms with Gasteiger partial charge in [-0.1, -0.05) is 31.0 Å². The Morgan fingerprint density at radius 3 is 2.82 bits per heavy atom. The average molecular weight is 247 g/mol. The number of benzene rings is 1. The van der Waals surface area contributed by atoms with Gasteiger partial charge in [0.1, 0.15) is 0 Å². The molecule has 1 aliphatic rings. The van der Waals surface area contributed by atoms with Crippen LogP contribution in [0, 0.1) is 0 Å². The van der Waals surface area contributed by atoms with E-state index in [1.54, 1.807) is 11.3 Å². The molecular formula is C14H17NOS. The quantitative estimate of drug-likeness (QED) is 0.849. The lowest BCUT2D eigenvalue weighted by Gasteiger charge is -2.28. The van der Waals surface area contributed by atoms with Gasteiger partial charge < -0.3 is 10.4 Å². The number of hydrogen-bond donors (Lipinski definition) is 2. The van der Waals surface area contributed by atoms with Crippen LogP contribution in [0.3, 0.4) is 0 Å². The Morgan fingerprint density at radius 2 is 2.00 bits per heavy atom. The average Bonchev–Trinajstić information content (AvgIpc) is 2.74. The lowest BCUT2D eigenvalue weighted by molar-refractivity contribution is 0.116. The van der Waals surface area contributed by atoms with Crippen LogP contribution in [0.2, 0.25) is 0 Å². The van der Waals surface area contributed by atoms with Crippen LogP contribution in [0.5, 0.6) is 0 Å². The highest BCUT2D eigenvalue weighted by molar-refractivity contribution is 7.22. The third kappa shape index (κ3) is 2.31. The predicted molar refractivity (Wildman–Crippen MR) is 73.7 cm³/mol.